The summed E-state index contributed by atoms with van der Waals surface area (Å²) >= 11 is 0. The monoisotopic (exact) mass is 347 g/mol. The molecule has 0 aliphatic carbocycles. The van der Waals surface area contributed by atoms with Crippen LogP contribution in [0.3, 0.4) is 0 Å². The van der Waals surface area contributed by atoms with E-state index >= 15 is 0 Å². The molecular weight excluding hydrogens is 328 g/mol. The van der Waals surface area contributed by atoms with Gasteiger partial charge in [0.1, 0.15) is 11.6 Å². The zero-order valence-corrected chi connectivity index (χ0v) is 13.8. The molecule has 0 heterocycles. The summed E-state index contributed by atoms with van der Waals surface area (Å²) in [5.41, 5.74) is 1.01. The van der Waals surface area contributed by atoms with Gasteiger partial charge in [-0.1, -0.05) is 18.2 Å². The standard InChI is InChI=1S/C18H19F2N3O2/c1-23(12-18(25)22-16-5-3-2-4-6-16)11-17(24)21-10-13-7-14(19)9-15(20)8-13/h2-9H,10-12H2,1H3,(H,21,24)(H,22,25). The van der Waals surface area contributed by atoms with Crippen molar-refractivity contribution >= 4 is 17.5 Å². The van der Waals surface area contributed by atoms with Crippen molar-refractivity contribution in [2.24, 2.45) is 0 Å². The SMILES string of the molecule is CN(CC(=O)NCc1cc(F)cc(F)c1)CC(=O)Nc1ccccc1. The van der Waals surface area contributed by atoms with Crippen LogP contribution in [-0.4, -0.2) is 36.9 Å². The Balaban J connectivity index is 1.75. The molecule has 0 atom stereocenters. The first-order valence-corrected chi connectivity index (χ1v) is 7.67. The van der Waals surface area contributed by atoms with Crippen LogP contribution in [0, 0.1) is 11.6 Å². The molecule has 5 nitrogen and oxygen atoms in total. The predicted molar refractivity (Wildman–Crippen MR) is 90.8 cm³/mol. The van der Waals surface area contributed by atoms with Gasteiger partial charge in [-0.25, -0.2) is 8.78 Å². The number of hydrogen-bond acceptors (Lipinski definition) is 3. The van der Waals surface area contributed by atoms with Crippen molar-refractivity contribution in [2.45, 2.75) is 6.54 Å². The summed E-state index contributed by atoms with van der Waals surface area (Å²) in [6, 6.07) is 12.1. The molecule has 2 rings (SSSR count). The molecule has 25 heavy (non-hydrogen) atoms. The Morgan fingerprint density at radius 2 is 1.56 bits per heavy atom. The predicted octanol–water partition coefficient (Wildman–Crippen LogP) is 2.15. The number of amides is 2. The second-order valence-electron chi connectivity index (χ2n) is 5.64. The highest BCUT2D eigenvalue weighted by molar-refractivity contribution is 5.92. The number of anilines is 1. The number of rotatable bonds is 7. The van der Waals surface area contributed by atoms with Crippen LogP contribution in [0.25, 0.3) is 0 Å². The highest BCUT2D eigenvalue weighted by Crippen LogP contribution is 2.07. The van der Waals surface area contributed by atoms with Crippen molar-refractivity contribution in [3.8, 4) is 0 Å². The first-order chi connectivity index (χ1) is 11.9. The molecule has 2 N–H and O–H groups in total. The van der Waals surface area contributed by atoms with E-state index in [2.05, 4.69) is 10.6 Å². The molecule has 0 bridgehead atoms. The second kappa shape index (κ2) is 8.89. The van der Waals surface area contributed by atoms with Gasteiger partial charge >= 0.3 is 0 Å². The number of nitrogens with zero attached hydrogens (tertiary/aromatic N) is 1. The Labute approximate surface area is 144 Å². The molecule has 0 aliphatic heterocycles. The summed E-state index contributed by atoms with van der Waals surface area (Å²) in [4.78, 5) is 25.3. The maximum absolute atomic E-state index is 13.1. The van der Waals surface area contributed by atoms with Crippen LogP contribution >= 0.6 is 0 Å². The van der Waals surface area contributed by atoms with Crippen molar-refractivity contribution in [2.75, 3.05) is 25.5 Å². The average molecular weight is 347 g/mol. The largest absolute Gasteiger partial charge is 0.351 e. The number of carbonyl (C=O) groups is 2. The number of likely N-dealkylation sites (N-methyl/N-ethyl adjacent to an activating group) is 1. The molecule has 132 valence electrons. The highest BCUT2D eigenvalue weighted by atomic mass is 19.1. The third-order valence-electron chi connectivity index (χ3n) is 3.30. The molecule has 0 aliphatic rings. The smallest absolute Gasteiger partial charge is 0.238 e. The molecule has 0 radical (unpaired) electrons. The van der Waals surface area contributed by atoms with Crippen LogP contribution in [0.4, 0.5) is 14.5 Å². The maximum Gasteiger partial charge on any atom is 0.238 e. The summed E-state index contributed by atoms with van der Waals surface area (Å²) in [7, 11) is 1.63. The number of nitrogens with one attached hydrogen (secondary N) is 2. The molecule has 2 amide bonds. The van der Waals surface area contributed by atoms with Crippen LogP contribution < -0.4 is 10.6 Å². The zero-order valence-electron chi connectivity index (χ0n) is 13.8. The minimum atomic E-state index is -0.695. The lowest BCUT2D eigenvalue weighted by Crippen LogP contribution is -2.38. The minimum absolute atomic E-state index is 0.0115. The van der Waals surface area contributed by atoms with E-state index in [9.17, 15) is 18.4 Å². The number of benzene rings is 2. The van der Waals surface area contributed by atoms with E-state index in [0.29, 0.717) is 11.3 Å². The van der Waals surface area contributed by atoms with Crippen LogP contribution in [0.2, 0.25) is 0 Å². The van der Waals surface area contributed by atoms with Gasteiger partial charge in [0.2, 0.25) is 11.8 Å². The zero-order chi connectivity index (χ0) is 18.2. The Hall–Kier alpha value is -2.80. The van der Waals surface area contributed by atoms with E-state index in [1.54, 1.807) is 24.1 Å². The lowest BCUT2D eigenvalue weighted by atomic mass is 10.2. The fraction of sp³-hybridized carbons (Fsp3) is 0.222. The van der Waals surface area contributed by atoms with Crippen LogP contribution in [-0.2, 0) is 16.1 Å². The van der Waals surface area contributed by atoms with Crippen molar-refractivity contribution < 1.29 is 18.4 Å². The van der Waals surface area contributed by atoms with Gasteiger partial charge in [0.05, 0.1) is 13.1 Å². The van der Waals surface area contributed by atoms with Gasteiger partial charge in [-0.2, -0.15) is 0 Å². The molecule has 2 aromatic carbocycles. The van der Waals surface area contributed by atoms with Crippen molar-refractivity contribution in [3.05, 3.63) is 65.7 Å². The third-order valence-corrected chi connectivity index (χ3v) is 3.30. The lowest BCUT2D eigenvalue weighted by Gasteiger charge is -2.16. The molecular formula is C18H19F2N3O2. The summed E-state index contributed by atoms with van der Waals surface area (Å²) < 4.78 is 26.2. The molecule has 7 heteroatoms. The maximum atomic E-state index is 13.1. The fourth-order valence-corrected chi connectivity index (χ4v) is 2.24. The van der Waals surface area contributed by atoms with Gasteiger partial charge < -0.3 is 10.6 Å². The topological polar surface area (TPSA) is 61.4 Å². The summed E-state index contributed by atoms with van der Waals surface area (Å²) in [5, 5.41) is 5.28. The molecule has 2 aromatic rings. The minimum Gasteiger partial charge on any atom is -0.351 e. The first-order valence-electron chi connectivity index (χ1n) is 7.67. The molecule has 0 saturated carbocycles. The van der Waals surface area contributed by atoms with Crippen molar-refractivity contribution in [1.29, 1.82) is 0 Å². The molecule has 0 unspecified atom stereocenters. The third kappa shape index (κ3) is 6.68. The number of carbonyl (C=O) groups excluding carboxylic acids is 2. The summed E-state index contributed by atoms with van der Waals surface area (Å²) in [6.45, 7) is 0.0362. The molecule has 0 aromatic heterocycles. The van der Waals surface area contributed by atoms with Crippen molar-refractivity contribution in [1.82, 2.24) is 10.2 Å². The number of hydrogen-bond donors (Lipinski definition) is 2. The average Bonchev–Trinajstić information content (AvgIpc) is 2.52. The van der Waals surface area contributed by atoms with Crippen LogP contribution in [0.15, 0.2) is 48.5 Å². The summed E-state index contributed by atoms with van der Waals surface area (Å²) in [5.74, 6) is -1.98. The number of halogens is 2. The van der Waals surface area contributed by atoms with Gasteiger partial charge in [-0.15, -0.1) is 0 Å². The summed E-state index contributed by atoms with van der Waals surface area (Å²) in [6.07, 6.45) is 0. The van der Waals surface area contributed by atoms with E-state index < -0.39 is 11.6 Å². The Morgan fingerprint density at radius 1 is 0.960 bits per heavy atom. The van der Waals surface area contributed by atoms with E-state index in [1.807, 2.05) is 18.2 Å². The quantitative estimate of drug-likeness (QED) is 0.807. The lowest BCUT2D eigenvalue weighted by molar-refractivity contribution is -0.123. The van der Waals surface area contributed by atoms with Gasteiger partial charge in [0.15, 0.2) is 0 Å². The molecule has 0 saturated heterocycles. The first kappa shape index (κ1) is 18.5. The van der Waals surface area contributed by atoms with Gasteiger partial charge in [-0.3, -0.25) is 14.5 Å². The van der Waals surface area contributed by atoms with E-state index in [-0.39, 0.29) is 31.4 Å². The second-order valence-corrected chi connectivity index (χ2v) is 5.64. The van der Waals surface area contributed by atoms with E-state index in [4.69, 9.17) is 0 Å². The van der Waals surface area contributed by atoms with Crippen LogP contribution in [0.5, 0.6) is 0 Å². The van der Waals surface area contributed by atoms with E-state index in [0.717, 1.165) is 18.2 Å². The Morgan fingerprint density at radius 3 is 2.20 bits per heavy atom. The fourth-order valence-electron chi connectivity index (χ4n) is 2.24. The Bertz CT molecular complexity index is 718. The molecule has 0 fully saturated rings. The number of para-hydroxylation sites is 1. The van der Waals surface area contributed by atoms with Gasteiger partial charge in [-0.05, 0) is 36.9 Å². The van der Waals surface area contributed by atoms with E-state index in [1.165, 1.54) is 0 Å². The normalized spacial score (nSPS) is 10.6. The molecule has 0 spiro atoms. The van der Waals surface area contributed by atoms with Gasteiger partial charge in [0.25, 0.3) is 0 Å². The van der Waals surface area contributed by atoms with Crippen LogP contribution in [0.1, 0.15) is 5.56 Å². The van der Waals surface area contributed by atoms with Crippen molar-refractivity contribution in [3.63, 3.8) is 0 Å². The Kier molecular flexibility index (Phi) is 6.59. The highest BCUT2D eigenvalue weighted by Gasteiger charge is 2.11. The van der Waals surface area contributed by atoms with Gasteiger partial charge in [0, 0.05) is 18.3 Å².